The largest absolute Gasteiger partial charge is 0.476 e. The van der Waals surface area contributed by atoms with Crippen LogP contribution in [0.4, 0.5) is 0 Å². The Hall–Kier alpha value is -3.48. The number of aromatic nitrogens is 5. The summed E-state index contributed by atoms with van der Waals surface area (Å²) >= 11 is 0. The molecule has 0 saturated heterocycles. The van der Waals surface area contributed by atoms with Crippen molar-refractivity contribution in [2.45, 2.75) is 12.8 Å². The number of rotatable bonds is 2. The molecule has 1 aromatic carbocycles. The summed E-state index contributed by atoms with van der Waals surface area (Å²) in [7, 11) is 0. The third-order valence-electron chi connectivity index (χ3n) is 4.58. The maximum atomic E-state index is 11.7. The topological polar surface area (TPSA) is 96.7 Å². The zero-order valence-corrected chi connectivity index (χ0v) is 13.1. The van der Waals surface area contributed by atoms with Gasteiger partial charge in [0.05, 0.1) is 28.7 Å². The van der Waals surface area contributed by atoms with Gasteiger partial charge in [-0.2, -0.15) is 10.2 Å². The average molecular weight is 331 g/mol. The number of carboxylic acids is 1. The van der Waals surface area contributed by atoms with Crippen LogP contribution in [-0.2, 0) is 12.8 Å². The summed E-state index contributed by atoms with van der Waals surface area (Å²) in [6.07, 6.45) is 3.23. The molecule has 7 heteroatoms. The van der Waals surface area contributed by atoms with Crippen molar-refractivity contribution in [3.63, 3.8) is 0 Å². The maximum Gasteiger partial charge on any atom is 0.357 e. The molecule has 4 aromatic rings. The molecule has 25 heavy (non-hydrogen) atoms. The van der Waals surface area contributed by atoms with Crippen LogP contribution in [-0.4, -0.2) is 36.0 Å². The molecule has 0 fully saturated rings. The summed E-state index contributed by atoms with van der Waals surface area (Å²) < 4.78 is 1.65. The molecule has 7 nitrogen and oxygen atoms in total. The molecule has 1 aliphatic carbocycles. The minimum Gasteiger partial charge on any atom is -0.476 e. The van der Waals surface area contributed by atoms with Crippen LogP contribution in [0.25, 0.3) is 28.0 Å². The number of hydrogen-bond donors (Lipinski definition) is 2. The Labute approximate surface area is 141 Å². The quantitative estimate of drug-likeness (QED) is 0.588. The summed E-state index contributed by atoms with van der Waals surface area (Å²) in [6, 6.07) is 11.6. The van der Waals surface area contributed by atoms with Gasteiger partial charge in [-0.1, -0.05) is 18.2 Å². The summed E-state index contributed by atoms with van der Waals surface area (Å²) in [5.41, 5.74) is 4.08. The highest BCUT2D eigenvalue weighted by atomic mass is 16.4. The van der Waals surface area contributed by atoms with Crippen LogP contribution in [0, 0.1) is 0 Å². The maximum absolute atomic E-state index is 11.7. The lowest BCUT2D eigenvalue weighted by Gasteiger charge is -2.14. The Balaban J connectivity index is 1.77. The van der Waals surface area contributed by atoms with Gasteiger partial charge in [0.15, 0.2) is 11.5 Å². The van der Waals surface area contributed by atoms with Crippen molar-refractivity contribution in [3.05, 3.63) is 59.5 Å². The number of fused-ring (bicyclic) bond motifs is 4. The first-order chi connectivity index (χ1) is 12.2. The van der Waals surface area contributed by atoms with Gasteiger partial charge in [0.1, 0.15) is 0 Å². The second-order valence-corrected chi connectivity index (χ2v) is 6.02. The van der Waals surface area contributed by atoms with E-state index in [4.69, 9.17) is 0 Å². The zero-order chi connectivity index (χ0) is 17.0. The molecule has 0 radical (unpaired) electrons. The van der Waals surface area contributed by atoms with Crippen molar-refractivity contribution in [1.29, 1.82) is 0 Å². The Morgan fingerprint density at radius 3 is 2.92 bits per heavy atom. The van der Waals surface area contributed by atoms with E-state index < -0.39 is 5.97 Å². The molecule has 0 bridgehead atoms. The van der Waals surface area contributed by atoms with Gasteiger partial charge in [-0.15, -0.1) is 0 Å². The van der Waals surface area contributed by atoms with Crippen LogP contribution in [0.15, 0.2) is 42.6 Å². The van der Waals surface area contributed by atoms with E-state index in [1.807, 2.05) is 36.4 Å². The molecular weight excluding hydrogens is 318 g/mol. The minimum absolute atomic E-state index is 0.0233. The highest BCUT2D eigenvalue weighted by Crippen LogP contribution is 2.35. The molecule has 0 spiro atoms. The highest BCUT2D eigenvalue weighted by Gasteiger charge is 2.30. The molecular formula is C18H13N5O2. The summed E-state index contributed by atoms with van der Waals surface area (Å²) in [5, 5.41) is 22.0. The molecule has 5 rings (SSSR count). The Bertz CT molecular complexity index is 1140. The van der Waals surface area contributed by atoms with E-state index in [-0.39, 0.29) is 5.69 Å². The smallest absolute Gasteiger partial charge is 0.357 e. The summed E-state index contributed by atoms with van der Waals surface area (Å²) in [4.78, 5) is 16.4. The fourth-order valence-corrected chi connectivity index (χ4v) is 3.43. The van der Waals surface area contributed by atoms with E-state index in [2.05, 4.69) is 20.3 Å². The first-order valence-electron chi connectivity index (χ1n) is 7.96. The number of nitrogens with zero attached hydrogens (tertiary/aromatic N) is 4. The number of para-hydroxylation sites is 1. The molecule has 122 valence electrons. The lowest BCUT2D eigenvalue weighted by molar-refractivity contribution is 0.0690. The van der Waals surface area contributed by atoms with E-state index in [0.29, 0.717) is 17.8 Å². The third kappa shape index (κ3) is 1.99. The van der Waals surface area contributed by atoms with Crippen molar-refractivity contribution in [1.82, 2.24) is 25.0 Å². The standard InChI is InChI=1S/C18H13N5O2/c24-18(25)17-15-13(7-5-11-9-19-21-16(11)15)23(22-17)14-8-6-10-3-1-2-4-12(10)20-14/h1-4,6,8-9H,5,7H2,(H,19,21)(H,24,25). The number of benzene rings is 1. The first kappa shape index (κ1) is 13.9. The van der Waals surface area contributed by atoms with Gasteiger partial charge in [-0.3, -0.25) is 5.10 Å². The monoisotopic (exact) mass is 331 g/mol. The van der Waals surface area contributed by atoms with Gasteiger partial charge in [0, 0.05) is 5.39 Å². The zero-order valence-electron chi connectivity index (χ0n) is 13.1. The first-order valence-corrected chi connectivity index (χ1v) is 7.96. The number of carboxylic acid groups (broad SMARTS) is 1. The second-order valence-electron chi connectivity index (χ2n) is 6.02. The minimum atomic E-state index is -1.06. The number of H-pyrrole nitrogens is 1. The van der Waals surface area contributed by atoms with Gasteiger partial charge < -0.3 is 5.11 Å². The number of carbonyl (C=O) groups is 1. The fourth-order valence-electron chi connectivity index (χ4n) is 3.43. The van der Waals surface area contributed by atoms with Gasteiger partial charge in [-0.05, 0) is 36.6 Å². The van der Waals surface area contributed by atoms with Gasteiger partial charge in [0.2, 0.25) is 0 Å². The van der Waals surface area contributed by atoms with Crippen LogP contribution in [0.3, 0.4) is 0 Å². The molecule has 0 saturated carbocycles. The molecule has 3 aromatic heterocycles. The van der Waals surface area contributed by atoms with Crippen LogP contribution < -0.4 is 0 Å². The molecule has 1 aliphatic rings. The van der Waals surface area contributed by atoms with Crippen LogP contribution in [0.2, 0.25) is 0 Å². The van der Waals surface area contributed by atoms with Crippen LogP contribution in [0.5, 0.6) is 0 Å². The van der Waals surface area contributed by atoms with Gasteiger partial charge >= 0.3 is 5.97 Å². The molecule has 0 amide bonds. The van der Waals surface area contributed by atoms with E-state index in [1.165, 1.54) is 0 Å². The Morgan fingerprint density at radius 2 is 2.04 bits per heavy atom. The fraction of sp³-hybridized carbons (Fsp3) is 0.111. The Morgan fingerprint density at radius 1 is 1.16 bits per heavy atom. The van der Waals surface area contributed by atoms with Crippen molar-refractivity contribution in [2.24, 2.45) is 0 Å². The number of aromatic amines is 1. The summed E-state index contributed by atoms with van der Waals surface area (Å²) in [5.74, 6) is -0.441. The van der Waals surface area contributed by atoms with Crippen LogP contribution in [0.1, 0.15) is 21.7 Å². The van der Waals surface area contributed by atoms with E-state index in [1.54, 1.807) is 10.9 Å². The van der Waals surface area contributed by atoms with Crippen molar-refractivity contribution >= 4 is 16.9 Å². The van der Waals surface area contributed by atoms with E-state index in [9.17, 15) is 9.90 Å². The lowest BCUT2D eigenvalue weighted by Crippen LogP contribution is -2.09. The molecule has 0 unspecified atom stereocenters. The highest BCUT2D eigenvalue weighted by molar-refractivity contribution is 5.95. The van der Waals surface area contributed by atoms with Crippen molar-refractivity contribution < 1.29 is 9.90 Å². The molecule has 3 heterocycles. The van der Waals surface area contributed by atoms with E-state index >= 15 is 0 Å². The van der Waals surface area contributed by atoms with Crippen LogP contribution >= 0.6 is 0 Å². The second kappa shape index (κ2) is 5.01. The number of aryl methyl sites for hydroxylation is 1. The van der Waals surface area contributed by atoms with Gasteiger partial charge in [0.25, 0.3) is 0 Å². The SMILES string of the molecule is O=C(O)c1nn(-c2ccc3ccccc3n2)c2c1-c1[nH]ncc1CC2. The molecule has 0 aliphatic heterocycles. The number of aromatic carboxylic acids is 1. The average Bonchev–Trinajstić information content (AvgIpc) is 3.25. The van der Waals surface area contributed by atoms with Gasteiger partial charge in [-0.25, -0.2) is 14.5 Å². The summed E-state index contributed by atoms with van der Waals surface area (Å²) in [6.45, 7) is 0. The lowest BCUT2D eigenvalue weighted by atomic mass is 9.94. The predicted molar refractivity (Wildman–Crippen MR) is 90.8 cm³/mol. The van der Waals surface area contributed by atoms with Crippen molar-refractivity contribution in [2.75, 3.05) is 0 Å². The van der Waals surface area contributed by atoms with Crippen molar-refractivity contribution in [3.8, 4) is 17.1 Å². The number of hydrogen-bond acceptors (Lipinski definition) is 4. The third-order valence-corrected chi connectivity index (χ3v) is 4.58. The number of nitrogens with one attached hydrogen (secondary N) is 1. The molecule has 0 atom stereocenters. The van der Waals surface area contributed by atoms with E-state index in [0.717, 1.165) is 34.3 Å². The molecule has 2 N–H and O–H groups in total. The predicted octanol–water partition coefficient (Wildman–Crippen LogP) is 2.61. The Kier molecular flexibility index (Phi) is 2.79. The normalized spacial score (nSPS) is 12.8. The number of pyridine rings is 1.